The molecule has 2 fully saturated rings. The number of hydrogen-bond donors (Lipinski definition) is 1. The summed E-state index contributed by atoms with van der Waals surface area (Å²) in [7, 11) is 0. The number of carbonyl (C=O) groups is 2. The average Bonchev–Trinajstić information content (AvgIpc) is 3.27. The molecule has 1 aliphatic heterocycles. The molecule has 3 aromatic rings. The molecule has 1 aromatic carbocycles. The maximum Gasteiger partial charge on any atom is 0.257 e. The number of hydrogen-bond acceptors (Lipinski definition) is 5. The molecule has 32 heavy (non-hydrogen) atoms. The van der Waals surface area contributed by atoms with Crippen LogP contribution < -0.4 is 5.32 Å². The fraction of sp³-hybridized carbons (Fsp3) is 0.375. The van der Waals surface area contributed by atoms with Crippen LogP contribution in [-0.2, 0) is 11.3 Å². The number of nitrogens with one attached hydrogen (secondary N) is 1. The van der Waals surface area contributed by atoms with Crippen molar-refractivity contribution < 1.29 is 9.59 Å². The molecule has 1 saturated carbocycles. The molecule has 2 amide bonds. The van der Waals surface area contributed by atoms with Crippen molar-refractivity contribution in [1.29, 1.82) is 0 Å². The normalized spacial score (nSPS) is 16.8. The van der Waals surface area contributed by atoms with Crippen LogP contribution in [0.15, 0.2) is 54.0 Å². The minimum absolute atomic E-state index is 0.00907. The number of carbonyl (C=O) groups excluding carboxylic acids is 2. The van der Waals surface area contributed by atoms with Gasteiger partial charge >= 0.3 is 0 Å². The standard InChI is InChI=1S/C24H27N5O2S/c30-22(25-19-8-9-19)17-27-10-12-28(13-11-27)24(31)20-16-29(15-18-5-2-1-3-6-18)26-23(20)21-7-4-14-32-21/h1-7,14,16,19H,8-13,15,17H2,(H,25,30). The van der Waals surface area contributed by atoms with Crippen LogP contribution in [0.3, 0.4) is 0 Å². The van der Waals surface area contributed by atoms with Crippen LogP contribution in [0.25, 0.3) is 10.6 Å². The van der Waals surface area contributed by atoms with E-state index in [-0.39, 0.29) is 11.8 Å². The SMILES string of the molecule is O=C(CN1CCN(C(=O)c2cn(Cc3ccccc3)nc2-c2cccs2)CC1)NC1CC1. The monoisotopic (exact) mass is 449 g/mol. The molecule has 2 aliphatic rings. The highest BCUT2D eigenvalue weighted by Crippen LogP contribution is 2.28. The van der Waals surface area contributed by atoms with Gasteiger partial charge in [-0.3, -0.25) is 19.2 Å². The van der Waals surface area contributed by atoms with Crippen LogP contribution in [-0.4, -0.2) is 70.2 Å². The summed E-state index contributed by atoms with van der Waals surface area (Å²) in [6.45, 7) is 3.67. The van der Waals surface area contributed by atoms with Gasteiger partial charge in [0.25, 0.3) is 5.91 Å². The van der Waals surface area contributed by atoms with Gasteiger partial charge in [0.15, 0.2) is 0 Å². The maximum atomic E-state index is 13.4. The van der Waals surface area contributed by atoms with Crippen molar-refractivity contribution in [2.75, 3.05) is 32.7 Å². The molecule has 1 aliphatic carbocycles. The summed E-state index contributed by atoms with van der Waals surface area (Å²) in [5, 5.41) is 9.81. The maximum absolute atomic E-state index is 13.4. The van der Waals surface area contributed by atoms with Crippen molar-refractivity contribution in [2.24, 2.45) is 0 Å². The Morgan fingerprint density at radius 1 is 1.03 bits per heavy atom. The molecule has 7 nitrogen and oxygen atoms in total. The Bertz CT molecular complexity index is 1070. The Balaban J connectivity index is 1.28. The van der Waals surface area contributed by atoms with Crippen molar-refractivity contribution in [2.45, 2.75) is 25.4 Å². The summed E-state index contributed by atoms with van der Waals surface area (Å²) in [5.74, 6) is 0.101. The molecule has 1 saturated heterocycles. The van der Waals surface area contributed by atoms with Crippen LogP contribution >= 0.6 is 11.3 Å². The number of piperazine rings is 1. The smallest absolute Gasteiger partial charge is 0.257 e. The van der Waals surface area contributed by atoms with Crippen LogP contribution in [0.1, 0.15) is 28.8 Å². The summed E-state index contributed by atoms with van der Waals surface area (Å²) in [6, 6.07) is 14.5. The van der Waals surface area contributed by atoms with E-state index in [1.807, 2.05) is 51.5 Å². The summed E-state index contributed by atoms with van der Waals surface area (Å²) < 4.78 is 1.86. The molecule has 1 N–H and O–H groups in total. The van der Waals surface area contributed by atoms with E-state index < -0.39 is 0 Å². The second kappa shape index (κ2) is 9.26. The molecule has 0 unspecified atom stereocenters. The summed E-state index contributed by atoms with van der Waals surface area (Å²) in [5.41, 5.74) is 2.53. The average molecular weight is 450 g/mol. The quantitative estimate of drug-likeness (QED) is 0.602. The molecule has 0 atom stereocenters. The van der Waals surface area contributed by atoms with Crippen LogP contribution in [0, 0.1) is 0 Å². The van der Waals surface area contributed by atoms with E-state index in [1.54, 1.807) is 11.3 Å². The van der Waals surface area contributed by atoms with Gasteiger partial charge in [-0.2, -0.15) is 5.10 Å². The minimum Gasteiger partial charge on any atom is -0.352 e. The van der Waals surface area contributed by atoms with Crippen molar-refractivity contribution in [3.63, 3.8) is 0 Å². The van der Waals surface area contributed by atoms with Crippen molar-refractivity contribution >= 4 is 23.2 Å². The van der Waals surface area contributed by atoms with E-state index in [0.717, 1.165) is 29.0 Å². The summed E-state index contributed by atoms with van der Waals surface area (Å²) >= 11 is 1.59. The van der Waals surface area contributed by atoms with E-state index in [4.69, 9.17) is 5.10 Å². The second-order valence-electron chi connectivity index (χ2n) is 8.46. The third-order valence-corrected chi connectivity index (χ3v) is 6.78. The highest BCUT2D eigenvalue weighted by Gasteiger charge is 2.28. The first-order chi connectivity index (χ1) is 15.7. The number of amides is 2. The lowest BCUT2D eigenvalue weighted by Gasteiger charge is -2.34. The molecule has 8 heteroatoms. The third-order valence-electron chi connectivity index (χ3n) is 5.90. The lowest BCUT2D eigenvalue weighted by atomic mass is 10.1. The van der Waals surface area contributed by atoms with E-state index in [0.29, 0.717) is 50.9 Å². The van der Waals surface area contributed by atoms with Crippen molar-refractivity contribution in [3.05, 3.63) is 65.2 Å². The van der Waals surface area contributed by atoms with Crippen LogP contribution in [0.4, 0.5) is 0 Å². The Hall–Kier alpha value is -2.97. The first-order valence-electron chi connectivity index (χ1n) is 11.1. The van der Waals surface area contributed by atoms with Gasteiger partial charge in [0.2, 0.25) is 5.91 Å². The van der Waals surface area contributed by atoms with Crippen LogP contribution in [0.5, 0.6) is 0 Å². The predicted molar refractivity (Wildman–Crippen MR) is 125 cm³/mol. The van der Waals surface area contributed by atoms with Crippen molar-refractivity contribution in [3.8, 4) is 10.6 Å². The van der Waals surface area contributed by atoms with Gasteiger partial charge < -0.3 is 10.2 Å². The molecule has 0 radical (unpaired) electrons. The minimum atomic E-state index is 0.00907. The molecule has 2 aromatic heterocycles. The predicted octanol–water partition coefficient (Wildman–Crippen LogP) is 2.70. The number of rotatable bonds is 7. The van der Waals surface area contributed by atoms with E-state index in [2.05, 4.69) is 22.3 Å². The molecule has 0 spiro atoms. The molecule has 5 rings (SSSR count). The fourth-order valence-corrected chi connectivity index (χ4v) is 4.73. The van der Waals surface area contributed by atoms with Crippen molar-refractivity contribution in [1.82, 2.24) is 24.9 Å². The molecular formula is C24H27N5O2S. The van der Waals surface area contributed by atoms with E-state index in [9.17, 15) is 9.59 Å². The zero-order chi connectivity index (χ0) is 21.9. The number of thiophene rings is 1. The van der Waals surface area contributed by atoms with Gasteiger partial charge in [-0.05, 0) is 29.9 Å². The Kier molecular flexibility index (Phi) is 6.05. The number of benzene rings is 1. The zero-order valence-corrected chi connectivity index (χ0v) is 18.8. The third kappa shape index (κ3) is 4.92. The lowest BCUT2D eigenvalue weighted by molar-refractivity contribution is -0.122. The van der Waals surface area contributed by atoms with E-state index in [1.165, 1.54) is 0 Å². The number of nitrogens with zero attached hydrogens (tertiary/aromatic N) is 4. The Morgan fingerprint density at radius 3 is 2.50 bits per heavy atom. The Labute approximate surface area is 191 Å². The van der Waals surface area contributed by atoms with E-state index >= 15 is 0 Å². The topological polar surface area (TPSA) is 70.5 Å². The zero-order valence-electron chi connectivity index (χ0n) is 17.9. The number of aromatic nitrogens is 2. The van der Waals surface area contributed by atoms with Crippen LogP contribution in [0.2, 0.25) is 0 Å². The van der Waals surface area contributed by atoms with Gasteiger partial charge in [-0.25, -0.2) is 0 Å². The fourth-order valence-electron chi connectivity index (χ4n) is 4.01. The van der Waals surface area contributed by atoms with Gasteiger partial charge in [0.1, 0.15) is 5.69 Å². The molecule has 0 bridgehead atoms. The summed E-state index contributed by atoms with van der Waals surface area (Å²) in [6.07, 6.45) is 4.07. The molecule has 166 valence electrons. The lowest BCUT2D eigenvalue weighted by Crippen LogP contribution is -2.51. The summed E-state index contributed by atoms with van der Waals surface area (Å²) in [4.78, 5) is 30.5. The van der Waals surface area contributed by atoms with Gasteiger partial charge in [-0.1, -0.05) is 36.4 Å². The first-order valence-corrected chi connectivity index (χ1v) is 12.0. The molecular weight excluding hydrogens is 422 g/mol. The molecule has 3 heterocycles. The second-order valence-corrected chi connectivity index (χ2v) is 9.41. The largest absolute Gasteiger partial charge is 0.352 e. The first kappa shape index (κ1) is 20.9. The highest BCUT2D eigenvalue weighted by atomic mass is 32.1. The van der Waals surface area contributed by atoms with Gasteiger partial charge in [0, 0.05) is 38.4 Å². The van der Waals surface area contributed by atoms with Gasteiger partial charge in [-0.15, -0.1) is 11.3 Å². The Morgan fingerprint density at radius 2 is 1.81 bits per heavy atom. The van der Waals surface area contributed by atoms with Gasteiger partial charge in [0.05, 0.1) is 23.5 Å². The highest BCUT2D eigenvalue weighted by molar-refractivity contribution is 7.13.